The normalized spacial score (nSPS) is 14.2. The van der Waals surface area contributed by atoms with Gasteiger partial charge in [-0.1, -0.05) is 0 Å². The van der Waals surface area contributed by atoms with Gasteiger partial charge in [0.25, 0.3) is 0 Å². The van der Waals surface area contributed by atoms with Crippen molar-refractivity contribution >= 4 is 11.6 Å². The maximum atomic E-state index is 12.1. The van der Waals surface area contributed by atoms with Crippen molar-refractivity contribution < 1.29 is 27.4 Å². The highest BCUT2D eigenvalue weighted by Crippen LogP contribution is 2.35. The van der Waals surface area contributed by atoms with Gasteiger partial charge in [0.2, 0.25) is 0 Å². The fourth-order valence-electron chi connectivity index (χ4n) is 1.52. The highest BCUT2D eigenvalue weighted by Gasteiger charge is 2.39. The van der Waals surface area contributed by atoms with Gasteiger partial charge in [0.1, 0.15) is 13.2 Å². The number of halogens is 3. The van der Waals surface area contributed by atoms with Crippen molar-refractivity contribution in [3.05, 3.63) is 17.7 Å². The summed E-state index contributed by atoms with van der Waals surface area (Å²) in [5, 5.41) is 1.80. The topological polar surface area (TPSA) is 47.6 Å². The Hall–Kier alpha value is -1.92. The zero-order valence-corrected chi connectivity index (χ0v) is 9.43. The van der Waals surface area contributed by atoms with Crippen molar-refractivity contribution in [2.24, 2.45) is 0 Å². The summed E-state index contributed by atoms with van der Waals surface area (Å²) in [6.07, 6.45) is -4.92. The molecule has 0 unspecified atom stereocenters. The van der Waals surface area contributed by atoms with E-state index in [0.29, 0.717) is 30.3 Å². The zero-order chi connectivity index (χ0) is 13.3. The SMILES string of the molecule is Cc1cc2c(cc1NC(=O)C(F)(F)F)OCCO2. The highest BCUT2D eigenvalue weighted by atomic mass is 19.4. The minimum Gasteiger partial charge on any atom is -0.486 e. The van der Waals surface area contributed by atoms with Crippen LogP contribution < -0.4 is 14.8 Å². The third kappa shape index (κ3) is 2.49. The van der Waals surface area contributed by atoms with Gasteiger partial charge in [-0.3, -0.25) is 4.79 Å². The summed E-state index contributed by atoms with van der Waals surface area (Å²) in [6, 6.07) is 2.86. The molecule has 98 valence electrons. The van der Waals surface area contributed by atoms with Crippen LogP contribution in [0.1, 0.15) is 5.56 Å². The number of amides is 1. The highest BCUT2D eigenvalue weighted by molar-refractivity contribution is 5.95. The first-order valence-corrected chi connectivity index (χ1v) is 5.16. The predicted molar refractivity (Wildman–Crippen MR) is 56.9 cm³/mol. The van der Waals surface area contributed by atoms with Gasteiger partial charge >= 0.3 is 12.1 Å². The number of alkyl halides is 3. The largest absolute Gasteiger partial charge is 0.486 e. The molecule has 0 fully saturated rings. The smallest absolute Gasteiger partial charge is 0.471 e. The van der Waals surface area contributed by atoms with E-state index in [-0.39, 0.29) is 5.69 Å². The molecule has 0 aliphatic carbocycles. The molecular formula is C11H10F3NO3. The van der Waals surface area contributed by atoms with Crippen LogP contribution in [0.4, 0.5) is 18.9 Å². The molecule has 0 saturated carbocycles. The molecule has 1 N–H and O–H groups in total. The molecule has 1 amide bonds. The van der Waals surface area contributed by atoms with Crippen molar-refractivity contribution in [3.63, 3.8) is 0 Å². The maximum Gasteiger partial charge on any atom is 0.471 e. The number of ether oxygens (including phenoxy) is 2. The number of carbonyl (C=O) groups excluding carboxylic acids is 1. The number of anilines is 1. The summed E-state index contributed by atoms with van der Waals surface area (Å²) >= 11 is 0. The Morgan fingerprint density at radius 3 is 2.33 bits per heavy atom. The van der Waals surface area contributed by atoms with E-state index < -0.39 is 12.1 Å². The summed E-state index contributed by atoms with van der Waals surface area (Å²) in [5.41, 5.74) is 0.526. The van der Waals surface area contributed by atoms with E-state index in [4.69, 9.17) is 9.47 Å². The molecular weight excluding hydrogens is 251 g/mol. The van der Waals surface area contributed by atoms with Crippen LogP contribution in [0, 0.1) is 6.92 Å². The van der Waals surface area contributed by atoms with Gasteiger partial charge in [0, 0.05) is 11.8 Å². The second kappa shape index (κ2) is 4.40. The molecule has 0 radical (unpaired) electrons. The second-order valence-electron chi connectivity index (χ2n) is 3.76. The summed E-state index contributed by atoms with van der Waals surface area (Å²) < 4.78 is 46.9. The average Bonchev–Trinajstić information content (AvgIpc) is 2.28. The van der Waals surface area contributed by atoms with Crippen LogP contribution in [0.3, 0.4) is 0 Å². The zero-order valence-electron chi connectivity index (χ0n) is 9.43. The molecule has 4 nitrogen and oxygen atoms in total. The maximum absolute atomic E-state index is 12.1. The average molecular weight is 261 g/mol. The third-order valence-corrected chi connectivity index (χ3v) is 2.39. The van der Waals surface area contributed by atoms with Gasteiger partial charge < -0.3 is 14.8 Å². The Bertz CT molecular complexity index is 485. The van der Waals surface area contributed by atoms with E-state index in [1.807, 2.05) is 0 Å². The number of hydrogen-bond acceptors (Lipinski definition) is 3. The minimum atomic E-state index is -4.92. The van der Waals surface area contributed by atoms with E-state index in [1.165, 1.54) is 12.1 Å². The first-order chi connectivity index (χ1) is 8.38. The van der Waals surface area contributed by atoms with Crippen LogP contribution in [-0.2, 0) is 4.79 Å². The van der Waals surface area contributed by atoms with Crippen molar-refractivity contribution in [3.8, 4) is 11.5 Å². The standard InChI is InChI=1S/C11H10F3NO3/c1-6-4-8-9(18-3-2-17-8)5-7(6)15-10(16)11(12,13)14/h4-5H,2-3H2,1H3,(H,15,16). The monoisotopic (exact) mass is 261 g/mol. The molecule has 1 aromatic rings. The summed E-state index contributed by atoms with van der Waals surface area (Å²) in [4.78, 5) is 10.8. The van der Waals surface area contributed by atoms with Gasteiger partial charge in [-0.15, -0.1) is 0 Å². The molecule has 0 saturated heterocycles. The Morgan fingerprint density at radius 2 is 1.78 bits per heavy atom. The number of aryl methyl sites for hydroxylation is 1. The lowest BCUT2D eigenvalue weighted by atomic mass is 10.1. The van der Waals surface area contributed by atoms with Crippen LogP contribution in [-0.4, -0.2) is 25.3 Å². The van der Waals surface area contributed by atoms with Gasteiger partial charge in [-0.25, -0.2) is 0 Å². The van der Waals surface area contributed by atoms with Crippen LogP contribution >= 0.6 is 0 Å². The van der Waals surface area contributed by atoms with Crippen LogP contribution in [0.5, 0.6) is 11.5 Å². The molecule has 0 bridgehead atoms. The fourth-order valence-corrected chi connectivity index (χ4v) is 1.52. The number of benzene rings is 1. The Balaban J connectivity index is 2.26. The van der Waals surface area contributed by atoms with E-state index in [0.717, 1.165) is 0 Å². The lowest BCUT2D eigenvalue weighted by Gasteiger charge is -2.20. The van der Waals surface area contributed by atoms with E-state index in [1.54, 1.807) is 12.2 Å². The number of carbonyl (C=O) groups is 1. The molecule has 2 rings (SSSR count). The van der Waals surface area contributed by atoms with Crippen LogP contribution in [0.25, 0.3) is 0 Å². The van der Waals surface area contributed by atoms with E-state index >= 15 is 0 Å². The summed E-state index contributed by atoms with van der Waals surface area (Å²) in [6.45, 7) is 2.29. The van der Waals surface area contributed by atoms with Gasteiger partial charge in [-0.2, -0.15) is 13.2 Å². The second-order valence-corrected chi connectivity index (χ2v) is 3.76. The predicted octanol–water partition coefficient (Wildman–Crippen LogP) is 2.27. The van der Waals surface area contributed by atoms with Gasteiger partial charge in [0.05, 0.1) is 0 Å². The number of nitrogens with one attached hydrogen (secondary N) is 1. The molecule has 0 atom stereocenters. The van der Waals surface area contributed by atoms with Crippen LogP contribution in [0.15, 0.2) is 12.1 Å². The molecule has 1 aliphatic rings. The molecule has 0 aromatic heterocycles. The molecule has 1 heterocycles. The van der Waals surface area contributed by atoms with E-state index in [9.17, 15) is 18.0 Å². The number of rotatable bonds is 1. The van der Waals surface area contributed by atoms with Crippen molar-refractivity contribution in [2.45, 2.75) is 13.1 Å². The molecule has 7 heteroatoms. The molecule has 1 aromatic carbocycles. The lowest BCUT2D eigenvalue weighted by Crippen LogP contribution is -2.30. The van der Waals surface area contributed by atoms with E-state index in [2.05, 4.69) is 0 Å². The number of fused-ring (bicyclic) bond motifs is 1. The fraction of sp³-hybridized carbons (Fsp3) is 0.364. The molecule has 1 aliphatic heterocycles. The van der Waals surface area contributed by atoms with Gasteiger partial charge in [-0.05, 0) is 18.6 Å². The summed E-state index contributed by atoms with van der Waals surface area (Å²) in [5.74, 6) is -1.23. The quantitative estimate of drug-likeness (QED) is 0.843. The first kappa shape index (κ1) is 12.5. The Morgan fingerprint density at radius 1 is 1.22 bits per heavy atom. The Kier molecular flexibility index (Phi) is 3.06. The van der Waals surface area contributed by atoms with Crippen molar-refractivity contribution in [1.29, 1.82) is 0 Å². The van der Waals surface area contributed by atoms with Gasteiger partial charge in [0.15, 0.2) is 11.5 Å². The first-order valence-electron chi connectivity index (χ1n) is 5.16. The molecule has 0 spiro atoms. The lowest BCUT2D eigenvalue weighted by molar-refractivity contribution is -0.167. The summed E-state index contributed by atoms with van der Waals surface area (Å²) in [7, 11) is 0. The molecule has 18 heavy (non-hydrogen) atoms. The Labute approximate surface area is 101 Å². The van der Waals surface area contributed by atoms with Crippen LogP contribution in [0.2, 0.25) is 0 Å². The third-order valence-electron chi connectivity index (χ3n) is 2.39. The minimum absolute atomic E-state index is 0.0570. The number of hydrogen-bond donors (Lipinski definition) is 1. The van der Waals surface area contributed by atoms with Crippen molar-refractivity contribution in [2.75, 3.05) is 18.5 Å². The van der Waals surface area contributed by atoms with Crippen molar-refractivity contribution in [1.82, 2.24) is 0 Å².